The van der Waals surface area contributed by atoms with Gasteiger partial charge in [-0.05, 0) is 98.3 Å². The zero-order valence-corrected chi connectivity index (χ0v) is 19.5. The van der Waals surface area contributed by atoms with Crippen LogP contribution in [0.25, 0.3) is 0 Å². The molecule has 0 saturated heterocycles. The van der Waals surface area contributed by atoms with Crippen molar-refractivity contribution in [1.82, 2.24) is 0 Å². The van der Waals surface area contributed by atoms with Gasteiger partial charge in [-0.1, -0.05) is 62.8 Å². The molecule has 0 bridgehead atoms. The maximum atomic E-state index is 13.0. The molecule has 0 radical (unpaired) electrons. The summed E-state index contributed by atoms with van der Waals surface area (Å²) < 4.78 is 0. The van der Waals surface area contributed by atoms with Crippen molar-refractivity contribution in [3.63, 3.8) is 0 Å². The molecule has 0 aliphatic heterocycles. The molecule has 168 valence electrons. The lowest BCUT2D eigenvalue weighted by Crippen LogP contribution is -2.23. The minimum absolute atomic E-state index is 0.119. The van der Waals surface area contributed by atoms with E-state index in [1.807, 2.05) is 0 Å². The van der Waals surface area contributed by atoms with Crippen molar-refractivity contribution in [3.05, 3.63) is 46.6 Å². The summed E-state index contributed by atoms with van der Waals surface area (Å²) in [5, 5.41) is 0. The molecule has 2 saturated carbocycles. The summed E-state index contributed by atoms with van der Waals surface area (Å²) in [6.45, 7) is 2.21. The van der Waals surface area contributed by atoms with Gasteiger partial charge in [0.15, 0.2) is 0 Å². The lowest BCUT2D eigenvalue weighted by Gasteiger charge is -2.31. The van der Waals surface area contributed by atoms with E-state index in [1.165, 1.54) is 61.7 Å². The number of hydrogen-bond acceptors (Lipinski definition) is 2. The summed E-state index contributed by atoms with van der Waals surface area (Å²) in [7, 11) is 0. The maximum absolute atomic E-state index is 13.0. The van der Waals surface area contributed by atoms with E-state index in [0.717, 1.165) is 55.9 Å². The van der Waals surface area contributed by atoms with Crippen molar-refractivity contribution in [2.45, 2.75) is 103 Å². The highest BCUT2D eigenvalue weighted by Crippen LogP contribution is 2.42. The first-order valence-corrected chi connectivity index (χ1v) is 12.9. The molecule has 2 fully saturated rings. The number of allylic oxidation sites excluding steroid dienone is 8. The van der Waals surface area contributed by atoms with Gasteiger partial charge in [0.05, 0.1) is 0 Å². The molecule has 0 aromatic heterocycles. The number of ketones is 2. The van der Waals surface area contributed by atoms with E-state index in [-0.39, 0.29) is 11.6 Å². The van der Waals surface area contributed by atoms with Gasteiger partial charge in [-0.25, -0.2) is 0 Å². The smallest absolute Gasteiger partial charge is 0.224 e. The summed E-state index contributed by atoms with van der Waals surface area (Å²) in [5.74, 6) is 1.82. The van der Waals surface area contributed by atoms with Gasteiger partial charge in [0.25, 0.3) is 0 Å². The Labute approximate surface area is 188 Å². The second kappa shape index (κ2) is 10.7. The van der Waals surface area contributed by atoms with Crippen LogP contribution in [0, 0.1) is 17.8 Å². The number of rotatable bonds is 5. The Morgan fingerprint density at radius 2 is 1.65 bits per heavy atom. The molecule has 0 N–H and O–H groups in total. The monoisotopic (exact) mass is 420 g/mol. The van der Waals surface area contributed by atoms with Gasteiger partial charge in [0.1, 0.15) is 0 Å². The first-order chi connectivity index (χ1) is 15.1. The molecule has 2 nitrogen and oxygen atoms in total. The van der Waals surface area contributed by atoms with E-state index in [4.69, 9.17) is 0 Å². The topological polar surface area (TPSA) is 34.1 Å². The Kier molecular flexibility index (Phi) is 7.80. The van der Waals surface area contributed by atoms with Crippen LogP contribution in [0.15, 0.2) is 46.6 Å². The average Bonchev–Trinajstić information content (AvgIpc) is 2.95. The molecule has 4 rings (SSSR count). The average molecular weight is 421 g/mol. The minimum atomic E-state index is -0.183. The van der Waals surface area contributed by atoms with Gasteiger partial charge in [0, 0.05) is 6.42 Å². The molecular formula is C29H40O2. The van der Waals surface area contributed by atoms with Crippen LogP contribution < -0.4 is 0 Å². The predicted octanol–water partition coefficient (Wildman–Crippen LogP) is 7.60. The van der Waals surface area contributed by atoms with Crippen LogP contribution >= 0.6 is 0 Å². The largest absolute Gasteiger partial charge is 0.290 e. The van der Waals surface area contributed by atoms with Crippen molar-refractivity contribution in [3.8, 4) is 0 Å². The van der Waals surface area contributed by atoms with Crippen molar-refractivity contribution < 1.29 is 9.59 Å². The third-order valence-corrected chi connectivity index (χ3v) is 8.31. The standard InChI is InChI=1S/C29H40O2/c1-21-9-2-5-18-27(21)24-14-7-16-25(17-8-15-24)29(31)28(30)20-22-10-6-13-23-11-3-4-12-26(23)19-22/h2,9,14,17,22-23,26H,3-8,10-13,15-16,18-20H2,1H3. The van der Waals surface area contributed by atoms with Crippen molar-refractivity contribution >= 4 is 11.6 Å². The van der Waals surface area contributed by atoms with Crippen LogP contribution in [0.4, 0.5) is 0 Å². The van der Waals surface area contributed by atoms with Crippen molar-refractivity contribution in [1.29, 1.82) is 0 Å². The Hall–Kier alpha value is -1.70. The number of hydrogen-bond donors (Lipinski definition) is 0. The molecule has 0 aromatic rings. The fraction of sp³-hybridized carbons (Fsp3) is 0.655. The zero-order valence-electron chi connectivity index (χ0n) is 19.5. The summed E-state index contributed by atoms with van der Waals surface area (Å²) in [5.41, 5.74) is 5.11. The number of fused-ring (bicyclic) bond motifs is 1. The van der Waals surface area contributed by atoms with Gasteiger partial charge in [0.2, 0.25) is 11.6 Å². The van der Waals surface area contributed by atoms with Gasteiger partial charge >= 0.3 is 0 Å². The molecule has 31 heavy (non-hydrogen) atoms. The molecule has 0 spiro atoms. The van der Waals surface area contributed by atoms with E-state index in [0.29, 0.717) is 18.8 Å². The third kappa shape index (κ3) is 5.76. The van der Waals surface area contributed by atoms with Crippen LogP contribution in [0.5, 0.6) is 0 Å². The predicted molar refractivity (Wildman–Crippen MR) is 128 cm³/mol. The van der Waals surface area contributed by atoms with Crippen LogP contribution in [0.1, 0.15) is 103 Å². The highest BCUT2D eigenvalue weighted by atomic mass is 16.2. The van der Waals surface area contributed by atoms with Crippen molar-refractivity contribution in [2.75, 3.05) is 0 Å². The molecule has 3 unspecified atom stereocenters. The Balaban J connectivity index is 1.32. The molecule has 0 aromatic carbocycles. The van der Waals surface area contributed by atoms with Crippen molar-refractivity contribution in [2.24, 2.45) is 17.8 Å². The van der Waals surface area contributed by atoms with E-state index in [2.05, 4.69) is 31.2 Å². The van der Waals surface area contributed by atoms with E-state index in [1.54, 1.807) is 0 Å². The lowest BCUT2D eigenvalue weighted by molar-refractivity contribution is -0.135. The molecule has 3 atom stereocenters. The highest BCUT2D eigenvalue weighted by Gasteiger charge is 2.32. The minimum Gasteiger partial charge on any atom is -0.290 e. The molecule has 0 heterocycles. The summed E-state index contributed by atoms with van der Waals surface area (Å²) in [6, 6.07) is 0. The van der Waals surface area contributed by atoms with Gasteiger partial charge in [-0.2, -0.15) is 0 Å². The zero-order chi connectivity index (χ0) is 21.6. The van der Waals surface area contributed by atoms with Gasteiger partial charge in [-0.15, -0.1) is 0 Å². The Morgan fingerprint density at radius 3 is 2.48 bits per heavy atom. The quantitative estimate of drug-likeness (QED) is 0.429. The van der Waals surface area contributed by atoms with E-state index >= 15 is 0 Å². The fourth-order valence-corrected chi connectivity index (χ4v) is 6.60. The van der Waals surface area contributed by atoms with E-state index < -0.39 is 0 Å². The van der Waals surface area contributed by atoms with Crippen LogP contribution in [0.3, 0.4) is 0 Å². The molecule has 4 aliphatic rings. The summed E-state index contributed by atoms with van der Waals surface area (Å²) >= 11 is 0. The lowest BCUT2D eigenvalue weighted by atomic mass is 9.75. The molecular weight excluding hydrogens is 380 g/mol. The van der Waals surface area contributed by atoms with Crippen LogP contribution in [-0.2, 0) is 9.59 Å². The van der Waals surface area contributed by atoms with Crippen LogP contribution in [0.2, 0.25) is 0 Å². The Morgan fingerprint density at radius 1 is 0.871 bits per heavy atom. The van der Waals surface area contributed by atoms with Crippen LogP contribution in [-0.4, -0.2) is 11.6 Å². The van der Waals surface area contributed by atoms with E-state index in [9.17, 15) is 9.59 Å². The first kappa shape index (κ1) is 22.5. The maximum Gasteiger partial charge on any atom is 0.224 e. The Bertz CT molecular complexity index is 807. The number of carbonyl (C=O) groups excluding carboxylic acids is 2. The second-order valence-corrected chi connectivity index (χ2v) is 10.4. The second-order valence-electron chi connectivity index (χ2n) is 10.4. The highest BCUT2D eigenvalue weighted by molar-refractivity contribution is 6.43. The summed E-state index contributed by atoms with van der Waals surface area (Å²) in [6.07, 6.45) is 25.5. The normalized spacial score (nSPS) is 29.8. The molecule has 0 amide bonds. The summed E-state index contributed by atoms with van der Waals surface area (Å²) in [4.78, 5) is 25.9. The molecule has 2 heteroatoms. The molecule has 4 aliphatic carbocycles. The first-order valence-electron chi connectivity index (χ1n) is 12.9. The van der Waals surface area contributed by atoms with Gasteiger partial charge in [-0.3, -0.25) is 9.59 Å². The number of carbonyl (C=O) groups is 2. The fourth-order valence-electron chi connectivity index (χ4n) is 6.60. The SMILES string of the molecule is CC1=C(C2=CCCC(C(=O)C(=O)CC3CCCC4CCCCC4C3)=CCC2)CCC=C1. The number of Topliss-reactive ketones (excluding diaryl/α,β-unsaturated/α-hetero) is 2. The third-order valence-electron chi connectivity index (χ3n) is 8.31. The van der Waals surface area contributed by atoms with Gasteiger partial charge < -0.3 is 0 Å².